The summed E-state index contributed by atoms with van der Waals surface area (Å²) in [7, 11) is -4.49. The number of aryl methyl sites for hydroxylation is 1. The number of carbonyl (C=O) groups excluding carboxylic acids is 2. The Balaban J connectivity index is 2.14. The van der Waals surface area contributed by atoms with Crippen molar-refractivity contribution in [3.05, 3.63) is 64.5 Å². The summed E-state index contributed by atoms with van der Waals surface area (Å²) in [4.78, 5) is 38.2. The number of hydrogen-bond acceptors (Lipinski definition) is 9. The van der Waals surface area contributed by atoms with Crippen molar-refractivity contribution in [2.24, 2.45) is 0 Å². The van der Waals surface area contributed by atoms with Crippen molar-refractivity contribution in [3.63, 3.8) is 0 Å². The van der Waals surface area contributed by atoms with Gasteiger partial charge in [-0.1, -0.05) is 56.5 Å². The third-order valence-corrected chi connectivity index (χ3v) is 7.49. The molecule has 0 saturated carbocycles. The van der Waals surface area contributed by atoms with Crippen LogP contribution in [0.15, 0.2) is 62.6 Å². The molecule has 39 heavy (non-hydrogen) atoms. The Morgan fingerprint density at radius 1 is 0.897 bits per heavy atom. The summed E-state index contributed by atoms with van der Waals surface area (Å²) in [6, 6.07) is 12.2. The Hall–Kier alpha value is -3.86. The van der Waals surface area contributed by atoms with Gasteiger partial charge in [-0.15, -0.1) is 0 Å². The number of benzene rings is 2. The van der Waals surface area contributed by atoms with Crippen molar-refractivity contribution in [1.82, 2.24) is 0 Å². The second-order valence-corrected chi connectivity index (χ2v) is 10.7. The number of nitrogens with zero attached hydrogens (tertiary/aromatic N) is 1. The third-order valence-electron chi connectivity index (χ3n) is 5.73. The average Bonchev–Trinajstić information content (AvgIpc) is 2.91. The van der Waals surface area contributed by atoms with E-state index in [4.69, 9.17) is 18.6 Å². The number of ether oxygens (including phenoxy) is 3. The van der Waals surface area contributed by atoms with Crippen LogP contribution in [0.2, 0.25) is 0 Å². The molecule has 0 radical (unpaired) electrons. The second kappa shape index (κ2) is 13.8. The lowest BCUT2D eigenvalue weighted by atomic mass is 10.2. The molecule has 1 heterocycles. The minimum atomic E-state index is -4.49. The van der Waals surface area contributed by atoms with E-state index in [1.54, 1.807) is 37.3 Å². The normalized spacial score (nSPS) is 11.3. The monoisotopic (exact) mass is 559 g/mol. The van der Waals surface area contributed by atoms with Crippen LogP contribution in [0, 0.1) is 6.92 Å². The zero-order valence-corrected chi connectivity index (χ0v) is 23.1. The Morgan fingerprint density at radius 2 is 1.51 bits per heavy atom. The number of fused-ring (bicyclic) bond motifs is 1. The number of rotatable bonds is 14. The van der Waals surface area contributed by atoms with Crippen molar-refractivity contribution < 1.29 is 36.6 Å². The lowest BCUT2D eigenvalue weighted by Gasteiger charge is -2.25. The lowest BCUT2D eigenvalue weighted by molar-refractivity contribution is -0.146. The van der Waals surface area contributed by atoms with Gasteiger partial charge in [0.2, 0.25) is 0 Å². The van der Waals surface area contributed by atoms with Crippen LogP contribution in [-0.2, 0) is 29.1 Å². The first-order chi connectivity index (χ1) is 18.7. The molecule has 0 spiro atoms. The molecule has 0 aliphatic heterocycles. The maximum Gasteiger partial charge on any atom is 0.364 e. The summed E-state index contributed by atoms with van der Waals surface area (Å²) in [6.07, 6.45) is 2.84. The molecule has 0 amide bonds. The van der Waals surface area contributed by atoms with Crippen molar-refractivity contribution in [1.29, 1.82) is 0 Å². The fourth-order valence-electron chi connectivity index (χ4n) is 3.59. The van der Waals surface area contributed by atoms with Crippen LogP contribution in [0.4, 0.5) is 5.69 Å². The van der Waals surface area contributed by atoms with Crippen molar-refractivity contribution in [2.75, 3.05) is 30.7 Å². The molecule has 0 N–H and O–H groups in total. The first kappa shape index (κ1) is 29.7. The Morgan fingerprint density at radius 3 is 2.15 bits per heavy atom. The minimum Gasteiger partial charge on any atom is -0.479 e. The number of sulfonamides is 1. The topological polar surface area (TPSA) is 129 Å². The van der Waals surface area contributed by atoms with E-state index in [2.05, 4.69) is 0 Å². The van der Waals surface area contributed by atoms with Crippen molar-refractivity contribution in [3.8, 4) is 5.75 Å². The van der Waals surface area contributed by atoms with Crippen LogP contribution in [-0.4, -0.2) is 46.7 Å². The molecule has 0 saturated heterocycles. The number of para-hydroxylation sites is 1. The van der Waals surface area contributed by atoms with Crippen molar-refractivity contribution in [2.45, 2.75) is 51.3 Å². The van der Waals surface area contributed by atoms with Crippen LogP contribution < -0.4 is 14.7 Å². The second-order valence-electron chi connectivity index (χ2n) is 8.82. The summed E-state index contributed by atoms with van der Waals surface area (Å²) in [5.74, 6) is -1.79. The molecule has 210 valence electrons. The molecule has 0 aliphatic rings. The standard InChI is InChI=1S/C28H33NO9S/c1-4-6-16-35-24(30)18-29(39(33,34)21-14-12-20(3)13-15-21)26-27(37-19-25(31)36-17-7-5-2)22-10-8-9-11-23(22)38-28(26)32/h8-15H,4-7,16-19H2,1-3H3. The van der Waals surface area contributed by atoms with Gasteiger partial charge in [-0.2, -0.15) is 0 Å². The van der Waals surface area contributed by atoms with E-state index < -0.39 is 46.4 Å². The van der Waals surface area contributed by atoms with Gasteiger partial charge in [0.25, 0.3) is 10.0 Å². The predicted octanol–water partition coefficient (Wildman–Crippen LogP) is 4.36. The molecule has 10 nitrogen and oxygen atoms in total. The SMILES string of the molecule is CCCCOC(=O)COc1c(N(CC(=O)OCCCC)S(=O)(=O)c2ccc(C)cc2)c(=O)oc2ccccc12. The molecule has 0 fully saturated rings. The summed E-state index contributed by atoms with van der Waals surface area (Å²) >= 11 is 0. The van der Waals surface area contributed by atoms with Gasteiger partial charge in [-0.05, 0) is 44.0 Å². The van der Waals surface area contributed by atoms with Crippen molar-refractivity contribution >= 4 is 38.6 Å². The molecule has 3 aromatic rings. The number of carbonyl (C=O) groups is 2. The Kier molecular flexibility index (Phi) is 10.5. The highest BCUT2D eigenvalue weighted by molar-refractivity contribution is 7.92. The summed E-state index contributed by atoms with van der Waals surface area (Å²) in [5, 5.41) is 0.233. The van der Waals surface area contributed by atoms with Gasteiger partial charge < -0.3 is 18.6 Å². The molecule has 11 heteroatoms. The molecule has 0 aliphatic carbocycles. The van der Waals surface area contributed by atoms with Crippen LogP contribution in [0.5, 0.6) is 5.75 Å². The van der Waals surface area contributed by atoms with Crippen LogP contribution >= 0.6 is 0 Å². The van der Waals surface area contributed by atoms with Gasteiger partial charge in [-0.3, -0.25) is 4.79 Å². The fraction of sp³-hybridized carbons (Fsp3) is 0.393. The van der Waals surface area contributed by atoms with E-state index in [0.29, 0.717) is 17.1 Å². The summed E-state index contributed by atoms with van der Waals surface area (Å²) in [6.45, 7) is 4.53. The van der Waals surface area contributed by atoms with Crippen LogP contribution in [0.3, 0.4) is 0 Å². The van der Waals surface area contributed by atoms with E-state index in [0.717, 1.165) is 18.4 Å². The third kappa shape index (κ3) is 7.60. The van der Waals surface area contributed by atoms with Gasteiger partial charge in [0.15, 0.2) is 18.0 Å². The van der Waals surface area contributed by atoms with E-state index >= 15 is 0 Å². The predicted molar refractivity (Wildman–Crippen MR) is 145 cm³/mol. The lowest BCUT2D eigenvalue weighted by Crippen LogP contribution is -2.39. The number of esters is 2. The molecular weight excluding hydrogens is 526 g/mol. The highest BCUT2D eigenvalue weighted by atomic mass is 32.2. The molecule has 0 unspecified atom stereocenters. The molecule has 0 atom stereocenters. The summed E-state index contributed by atoms with van der Waals surface area (Å²) < 4.78 is 49.8. The molecule has 3 rings (SSSR count). The van der Waals surface area contributed by atoms with E-state index in [1.165, 1.54) is 18.2 Å². The smallest absolute Gasteiger partial charge is 0.364 e. The van der Waals surface area contributed by atoms with Gasteiger partial charge in [-0.25, -0.2) is 22.3 Å². The van der Waals surface area contributed by atoms with Crippen LogP contribution in [0.25, 0.3) is 11.0 Å². The maximum absolute atomic E-state index is 13.9. The van der Waals surface area contributed by atoms with E-state index in [1.807, 2.05) is 13.8 Å². The summed E-state index contributed by atoms with van der Waals surface area (Å²) in [5.41, 5.74) is -0.697. The minimum absolute atomic E-state index is 0.0903. The van der Waals surface area contributed by atoms with Gasteiger partial charge >= 0.3 is 17.6 Å². The number of unbranched alkanes of at least 4 members (excludes halogenated alkanes) is 2. The first-order valence-electron chi connectivity index (χ1n) is 12.8. The highest BCUT2D eigenvalue weighted by Crippen LogP contribution is 2.36. The van der Waals surface area contributed by atoms with E-state index in [9.17, 15) is 22.8 Å². The molecular formula is C28H33NO9S. The average molecular weight is 560 g/mol. The van der Waals surface area contributed by atoms with E-state index in [-0.39, 0.29) is 34.8 Å². The highest BCUT2D eigenvalue weighted by Gasteiger charge is 2.34. The van der Waals surface area contributed by atoms with Gasteiger partial charge in [0, 0.05) is 0 Å². The Labute approximate surface area is 227 Å². The number of hydrogen-bond donors (Lipinski definition) is 0. The number of anilines is 1. The zero-order valence-electron chi connectivity index (χ0n) is 22.3. The zero-order chi connectivity index (χ0) is 28.4. The first-order valence-corrected chi connectivity index (χ1v) is 14.2. The fourth-order valence-corrected chi connectivity index (χ4v) is 5.00. The van der Waals surface area contributed by atoms with Gasteiger partial charge in [0.05, 0.1) is 23.5 Å². The molecule has 2 aromatic carbocycles. The maximum atomic E-state index is 13.9. The molecule has 0 bridgehead atoms. The largest absolute Gasteiger partial charge is 0.479 e. The Bertz CT molecular complexity index is 1450. The van der Waals surface area contributed by atoms with Crippen LogP contribution in [0.1, 0.15) is 45.1 Å². The molecule has 1 aromatic heterocycles. The van der Waals surface area contributed by atoms with Gasteiger partial charge in [0.1, 0.15) is 12.1 Å². The quantitative estimate of drug-likeness (QED) is 0.161.